The Morgan fingerprint density at radius 2 is 2.37 bits per heavy atom. The van der Waals surface area contributed by atoms with Gasteiger partial charge >= 0.3 is 6.09 Å². The van der Waals surface area contributed by atoms with Crippen LogP contribution in [0.5, 0.6) is 5.75 Å². The molecular formula is C14H17NO4. The van der Waals surface area contributed by atoms with E-state index < -0.39 is 11.7 Å². The SMILES string of the molecule is COc1cccc2c1COC1(C)CN(C(=O)O)CC21. The molecule has 1 amide bonds. The molecule has 1 aromatic carbocycles. The van der Waals surface area contributed by atoms with Gasteiger partial charge in [-0.2, -0.15) is 0 Å². The van der Waals surface area contributed by atoms with Gasteiger partial charge in [0.25, 0.3) is 0 Å². The summed E-state index contributed by atoms with van der Waals surface area (Å²) in [6, 6.07) is 5.91. The molecule has 2 unspecified atom stereocenters. The number of fused-ring (bicyclic) bond motifs is 3. The lowest BCUT2D eigenvalue weighted by molar-refractivity contribution is -0.0564. The summed E-state index contributed by atoms with van der Waals surface area (Å²) in [4.78, 5) is 12.6. The van der Waals surface area contributed by atoms with Gasteiger partial charge in [0.15, 0.2) is 0 Å². The molecule has 0 saturated carbocycles. The summed E-state index contributed by atoms with van der Waals surface area (Å²) in [6.45, 7) is 3.36. The smallest absolute Gasteiger partial charge is 0.407 e. The first-order chi connectivity index (χ1) is 9.05. The summed E-state index contributed by atoms with van der Waals surface area (Å²) in [6.07, 6.45) is -0.885. The second-order valence-corrected chi connectivity index (χ2v) is 5.35. The van der Waals surface area contributed by atoms with E-state index >= 15 is 0 Å². The fourth-order valence-corrected chi connectivity index (χ4v) is 3.18. The Labute approximate surface area is 111 Å². The lowest BCUT2D eigenvalue weighted by Crippen LogP contribution is -2.40. The highest BCUT2D eigenvalue weighted by Gasteiger charge is 2.49. The standard InChI is InChI=1S/C14H17NO4/c1-14-8-15(13(16)17)6-11(14)9-4-3-5-12(18-2)10(9)7-19-14/h3-5,11H,6-8H2,1-2H3,(H,16,17). The Morgan fingerprint density at radius 1 is 1.58 bits per heavy atom. The Hall–Kier alpha value is -1.75. The normalized spacial score (nSPS) is 28.7. The number of likely N-dealkylation sites (tertiary alicyclic amines) is 1. The number of amides is 1. The van der Waals surface area contributed by atoms with Gasteiger partial charge < -0.3 is 19.5 Å². The highest BCUT2D eigenvalue weighted by molar-refractivity contribution is 5.66. The molecule has 3 rings (SSSR count). The molecule has 5 nitrogen and oxygen atoms in total. The van der Waals surface area contributed by atoms with Crippen molar-refractivity contribution >= 4 is 6.09 Å². The van der Waals surface area contributed by atoms with Gasteiger partial charge in [0.2, 0.25) is 0 Å². The summed E-state index contributed by atoms with van der Waals surface area (Å²) >= 11 is 0. The van der Waals surface area contributed by atoms with Gasteiger partial charge in [-0.25, -0.2) is 4.79 Å². The van der Waals surface area contributed by atoms with Crippen molar-refractivity contribution in [2.75, 3.05) is 20.2 Å². The monoisotopic (exact) mass is 263 g/mol. The van der Waals surface area contributed by atoms with Crippen molar-refractivity contribution in [3.8, 4) is 5.75 Å². The van der Waals surface area contributed by atoms with Gasteiger partial charge in [-0.3, -0.25) is 0 Å². The summed E-state index contributed by atoms with van der Waals surface area (Å²) in [5.74, 6) is 0.885. The number of carboxylic acid groups (broad SMARTS) is 1. The number of benzene rings is 1. The van der Waals surface area contributed by atoms with Crippen molar-refractivity contribution in [2.24, 2.45) is 0 Å². The number of carbonyl (C=O) groups is 1. The average molecular weight is 263 g/mol. The molecule has 19 heavy (non-hydrogen) atoms. The van der Waals surface area contributed by atoms with E-state index in [9.17, 15) is 4.79 Å². The summed E-state index contributed by atoms with van der Waals surface area (Å²) < 4.78 is 11.3. The van der Waals surface area contributed by atoms with Gasteiger partial charge in [0.1, 0.15) is 5.75 Å². The third-order valence-electron chi connectivity index (χ3n) is 4.23. The first-order valence-electron chi connectivity index (χ1n) is 6.33. The molecule has 2 aliphatic heterocycles. The maximum atomic E-state index is 11.2. The Balaban J connectivity index is 2.03. The minimum absolute atomic E-state index is 0.0717. The Kier molecular flexibility index (Phi) is 2.67. The van der Waals surface area contributed by atoms with Crippen LogP contribution in [0.1, 0.15) is 24.0 Å². The molecule has 0 aromatic heterocycles. The number of methoxy groups -OCH3 is 1. The molecule has 5 heteroatoms. The largest absolute Gasteiger partial charge is 0.496 e. The predicted molar refractivity (Wildman–Crippen MR) is 68.5 cm³/mol. The zero-order chi connectivity index (χ0) is 13.6. The van der Waals surface area contributed by atoms with Crippen molar-refractivity contribution < 1.29 is 19.4 Å². The maximum absolute atomic E-state index is 11.2. The molecule has 0 aliphatic carbocycles. The van der Waals surface area contributed by atoms with Crippen molar-refractivity contribution in [1.29, 1.82) is 0 Å². The van der Waals surface area contributed by atoms with Crippen LogP contribution in [0.3, 0.4) is 0 Å². The minimum Gasteiger partial charge on any atom is -0.496 e. The number of nitrogens with zero attached hydrogens (tertiary/aromatic N) is 1. The summed E-state index contributed by atoms with van der Waals surface area (Å²) in [5.41, 5.74) is 1.76. The van der Waals surface area contributed by atoms with E-state index in [1.54, 1.807) is 7.11 Å². The summed E-state index contributed by atoms with van der Waals surface area (Å²) in [5, 5.41) is 9.17. The van der Waals surface area contributed by atoms with Gasteiger partial charge in [0.05, 0.1) is 25.9 Å². The van der Waals surface area contributed by atoms with Crippen molar-refractivity contribution in [2.45, 2.75) is 25.0 Å². The zero-order valence-corrected chi connectivity index (χ0v) is 11.0. The third kappa shape index (κ3) is 1.76. The van der Waals surface area contributed by atoms with E-state index in [-0.39, 0.29) is 5.92 Å². The van der Waals surface area contributed by atoms with E-state index in [1.807, 2.05) is 19.1 Å². The van der Waals surface area contributed by atoms with Crippen molar-refractivity contribution in [1.82, 2.24) is 4.90 Å². The second-order valence-electron chi connectivity index (χ2n) is 5.35. The fourth-order valence-electron chi connectivity index (χ4n) is 3.18. The average Bonchev–Trinajstić information content (AvgIpc) is 2.76. The molecule has 0 spiro atoms. The number of hydrogen-bond acceptors (Lipinski definition) is 3. The molecule has 0 bridgehead atoms. The van der Waals surface area contributed by atoms with E-state index in [0.29, 0.717) is 19.7 Å². The van der Waals surface area contributed by atoms with Gasteiger partial charge in [-0.1, -0.05) is 12.1 Å². The number of rotatable bonds is 1. The molecule has 102 valence electrons. The Bertz CT molecular complexity index is 530. The predicted octanol–water partition coefficient (Wildman–Crippen LogP) is 2.06. The van der Waals surface area contributed by atoms with Crippen LogP contribution in [0, 0.1) is 0 Å². The topological polar surface area (TPSA) is 59.0 Å². The molecule has 0 radical (unpaired) electrons. The van der Waals surface area contributed by atoms with E-state index in [2.05, 4.69) is 6.07 Å². The van der Waals surface area contributed by atoms with Crippen LogP contribution in [-0.2, 0) is 11.3 Å². The van der Waals surface area contributed by atoms with Crippen molar-refractivity contribution in [3.05, 3.63) is 29.3 Å². The molecule has 2 atom stereocenters. The van der Waals surface area contributed by atoms with Crippen LogP contribution in [0.15, 0.2) is 18.2 Å². The van der Waals surface area contributed by atoms with Crippen LogP contribution in [0.25, 0.3) is 0 Å². The van der Waals surface area contributed by atoms with Gasteiger partial charge in [-0.05, 0) is 18.6 Å². The van der Waals surface area contributed by atoms with Gasteiger partial charge in [0, 0.05) is 18.0 Å². The van der Waals surface area contributed by atoms with Crippen LogP contribution < -0.4 is 4.74 Å². The Morgan fingerprint density at radius 3 is 3.05 bits per heavy atom. The van der Waals surface area contributed by atoms with E-state index in [4.69, 9.17) is 14.6 Å². The van der Waals surface area contributed by atoms with E-state index in [0.717, 1.165) is 16.9 Å². The molecule has 2 heterocycles. The highest BCUT2D eigenvalue weighted by atomic mass is 16.5. The van der Waals surface area contributed by atoms with Crippen LogP contribution in [0.2, 0.25) is 0 Å². The van der Waals surface area contributed by atoms with Crippen molar-refractivity contribution in [3.63, 3.8) is 0 Å². The number of hydrogen-bond donors (Lipinski definition) is 1. The van der Waals surface area contributed by atoms with Gasteiger partial charge in [-0.15, -0.1) is 0 Å². The first-order valence-corrected chi connectivity index (χ1v) is 6.33. The maximum Gasteiger partial charge on any atom is 0.407 e. The fraction of sp³-hybridized carbons (Fsp3) is 0.500. The minimum atomic E-state index is -0.885. The third-order valence-corrected chi connectivity index (χ3v) is 4.23. The molecule has 1 saturated heterocycles. The molecular weight excluding hydrogens is 246 g/mol. The quantitative estimate of drug-likeness (QED) is 0.842. The molecule has 1 fully saturated rings. The summed E-state index contributed by atoms with van der Waals surface area (Å²) in [7, 11) is 1.64. The van der Waals surface area contributed by atoms with Crippen LogP contribution in [0.4, 0.5) is 4.79 Å². The molecule has 1 N–H and O–H groups in total. The van der Waals surface area contributed by atoms with Crippen LogP contribution in [-0.4, -0.2) is 41.9 Å². The lowest BCUT2D eigenvalue weighted by Gasteiger charge is -2.37. The van der Waals surface area contributed by atoms with E-state index in [1.165, 1.54) is 4.90 Å². The molecule has 1 aromatic rings. The zero-order valence-electron chi connectivity index (χ0n) is 11.0. The lowest BCUT2D eigenvalue weighted by atomic mass is 9.81. The highest BCUT2D eigenvalue weighted by Crippen LogP contribution is 2.46. The molecule has 2 aliphatic rings. The number of ether oxygens (including phenoxy) is 2. The second kappa shape index (κ2) is 4.13. The first kappa shape index (κ1) is 12.3. The van der Waals surface area contributed by atoms with Crippen LogP contribution >= 0.6 is 0 Å².